The second kappa shape index (κ2) is 4.24. The Kier molecular flexibility index (Phi) is 2.98. The lowest BCUT2D eigenvalue weighted by Gasteiger charge is -2.04. The topological polar surface area (TPSA) is 40.7 Å². The molecule has 78 valence electrons. The number of halogens is 2. The molecule has 2 aromatic rings. The van der Waals surface area contributed by atoms with Crippen LogP contribution in [0.1, 0.15) is 5.69 Å². The first-order valence-electron chi connectivity index (χ1n) is 4.39. The van der Waals surface area contributed by atoms with E-state index in [-0.39, 0.29) is 0 Å². The molecule has 0 saturated heterocycles. The molecule has 0 spiro atoms. The number of nitrogens with zero attached hydrogens (tertiary/aromatic N) is 1. The van der Waals surface area contributed by atoms with Crippen molar-refractivity contribution in [3.63, 3.8) is 0 Å². The average molecular weight is 287 g/mol. The molecule has 0 radical (unpaired) electrons. The number of aromatic nitrogens is 2. The van der Waals surface area contributed by atoms with Gasteiger partial charge in [-0.05, 0) is 41.1 Å². The van der Waals surface area contributed by atoms with Crippen molar-refractivity contribution in [3.05, 3.63) is 39.6 Å². The van der Waals surface area contributed by atoms with Gasteiger partial charge in [0, 0.05) is 22.1 Å². The lowest BCUT2D eigenvalue weighted by molar-refractivity contribution is 1.24. The highest BCUT2D eigenvalue weighted by atomic mass is 79.9. The Hall–Kier alpha value is -1.00. The number of rotatable bonds is 2. The van der Waals surface area contributed by atoms with Crippen LogP contribution < -0.4 is 5.32 Å². The normalized spacial score (nSPS) is 10.3. The predicted octanol–water partition coefficient (Wildman–Crippen LogP) is 3.88. The van der Waals surface area contributed by atoms with Crippen LogP contribution in [0.4, 0.5) is 11.6 Å². The molecule has 1 aromatic heterocycles. The van der Waals surface area contributed by atoms with Gasteiger partial charge >= 0.3 is 0 Å². The minimum atomic E-state index is 0.691. The maximum Gasteiger partial charge on any atom is 0.204 e. The lowest BCUT2D eigenvalue weighted by atomic mass is 10.3. The molecule has 2 rings (SSSR count). The van der Waals surface area contributed by atoms with Gasteiger partial charge in [-0.2, -0.15) is 0 Å². The third kappa shape index (κ3) is 2.52. The van der Waals surface area contributed by atoms with Crippen molar-refractivity contribution in [2.24, 2.45) is 0 Å². The van der Waals surface area contributed by atoms with Gasteiger partial charge in [-0.15, -0.1) is 0 Å². The summed E-state index contributed by atoms with van der Waals surface area (Å²) in [6.45, 7) is 1.95. The van der Waals surface area contributed by atoms with Crippen LogP contribution >= 0.6 is 27.5 Å². The van der Waals surface area contributed by atoms with Gasteiger partial charge in [-0.25, -0.2) is 4.98 Å². The second-order valence-electron chi connectivity index (χ2n) is 3.17. The van der Waals surface area contributed by atoms with E-state index in [2.05, 4.69) is 31.2 Å². The Balaban J connectivity index is 2.21. The molecule has 15 heavy (non-hydrogen) atoms. The molecule has 0 aliphatic carbocycles. The molecule has 0 fully saturated rings. The van der Waals surface area contributed by atoms with E-state index in [4.69, 9.17) is 11.6 Å². The number of imidazole rings is 1. The summed E-state index contributed by atoms with van der Waals surface area (Å²) in [5.41, 5.74) is 1.95. The Bertz CT molecular complexity index is 481. The summed E-state index contributed by atoms with van der Waals surface area (Å²) in [7, 11) is 0. The van der Waals surface area contributed by atoms with Gasteiger partial charge < -0.3 is 10.3 Å². The number of nitrogens with one attached hydrogen (secondary N) is 2. The van der Waals surface area contributed by atoms with Crippen molar-refractivity contribution in [3.8, 4) is 0 Å². The molecule has 0 unspecified atom stereocenters. The Labute approximate surface area is 101 Å². The van der Waals surface area contributed by atoms with Crippen LogP contribution in [-0.2, 0) is 0 Å². The Morgan fingerprint density at radius 1 is 1.47 bits per heavy atom. The summed E-state index contributed by atoms with van der Waals surface area (Å²) in [6.07, 6.45) is 1.77. The predicted molar refractivity (Wildman–Crippen MR) is 65.8 cm³/mol. The summed E-state index contributed by atoms with van der Waals surface area (Å²) in [5.74, 6) is 0.724. The van der Waals surface area contributed by atoms with Gasteiger partial charge in [0.1, 0.15) is 0 Å². The van der Waals surface area contributed by atoms with Crippen LogP contribution in [0.2, 0.25) is 5.02 Å². The first-order chi connectivity index (χ1) is 7.15. The van der Waals surface area contributed by atoms with Crippen LogP contribution in [0, 0.1) is 6.92 Å². The minimum Gasteiger partial charge on any atom is -0.328 e. The van der Waals surface area contributed by atoms with Gasteiger partial charge in [0.25, 0.3) is 0 Å². The van der Waals surface area contributed by atoms with Crippen molar-refractivity contribution in [1.29, 1.82) is 0 Å². The summed E-state index contributed by atoms with van der Waals surface area (Å²) in [5, 5.41) is 3.83. The summed E-state index contributed by atoms with van der Waals surface area (Å²) in [4.78, 5) is 7.24. The molecular weight excluding hydrogens is 277 g/mol. The highest BCUT2D eigenvalue weighted by Gasteiger charge is 2.01. The van der Waals surface area contributed by atoms with Crippen LogP contribution in [0.5, 0.6) is 0 Å². The Morgan fingerprint density at radius 2 is 2.27 bits per heavy atom. The van der Waals surface area contributed by atoms with Crippen LogP contribution in [0.15, 0.2) is 28.9 Å². The first-order valence-corrected chi connectivity index (χ1v) is 5.56. The van der Waals surface area contributed by atoms with Gasteiger partial charge in [0.15, 0.2) is 0 Å². The SMILES string of the molecule is Cc1cnc(Nc2ccc(Cl)c(Br)c2)[nH]1. The highest BCUT2D eigenvalue weighted by molar-refractivity contribution is 9.10. The molecule has 3 nitrogen and oxygen atoms in total. The summed E-state index contributed by atoms with van der Waals surface area (Å²) < 4.78 is 0.859. The van der Waals surface area contributed by atoms with E-state index in [1.54, 1.807) is 6.20 Å². The molecule has 1 aromatic carbocycles. The first kappa shape index (κ1) is 10.5. The molecule has 2 N–H and O–H groups in total. The zero-order chi connectivity index (χ0) is 10.8. The van der Waals surface area contributed by atoms with E-state index in [1.807, 2.05) is 25.1 Å². The van der Waals surface area contributed by atoms with E-state index >= 15 is 0 Å². The zero-order valence-corrected chi connectivity index (χ0v) is 10.4. The van der Waals surface area contributed by atoms with Crippen molar-refractivity contribution in [2.75, 3.05) is 5.32 Å². The van der Waals surface area contributed by atoms with Crippen LogP contribution in [0.25, 0.3) is 0 Å². The molecule has 0 aliphatic rings. The lowest BCUT2D eigenvalue weighted by Crippen LogP contribution is -1.92. The number of H-pyrrole nitrogens is 1. The third-order valence-electron chi connectivity index (χ3n) is 1.89. The average Bonchev–Trinajstić information content (AvgIpc) is 2.58. The molecule has 0 aliphatic heterocycles. The van der Waals surface area contributed by atoms with E-state index < -0.39 is 0 Å². The molecule has 0 amide bonds. The molecule has 0 bridgehead atoms. The van der Waals surface area contributed by atoms with E-state index in [1.165, 1.54) is 0 Å². The standard InChI is InChI=1S/C10H9BrClN3/c1-6-5-13-10(14-6)15-7-2-3-9(12)8(11)4-7/h2-5H,1H3,(H2,13,14,15). The quantitative estimate of drug-likeness (QED) is 0.879. The fraction of sp³-hybridized carbons (Fsp3) is 0.100. The van der Waals surface area contributed by atoms with Gasteiger partial charge in [-0.1, -0.05) is 11.6 Å². The zero-order valence-electron chi connectivity index (χ0n) is 8.01. The minimum absolute atomic E-state index is 0.691. The van der Waals surface area contributed by atoms with E-state index in [9.17, 15) is 0 Å². The van der Waals surface area contributed by atoms with Crippen LogP contribution in [-0.4, -0.2) is 9.97 Å². The number of anilines is 2. The summed E-state index contributed by atoms with van der Waals surface area (Å²) in [6, 6.07) is 5.62. The third-order valence-corrected chi connectivity index (χ3v) is 3.10. The van der Waals surface area contributed by atoms with E-state index in [0.29, 0.717) is 5.02 Å². The fourth-order valence-corrected chi connectivity index (χ4v) is 1.68. The highest BCUT2D eigenvalue weighted by Crippen LogP contribution is 2.26. The smallest absolute Gasteiger partial charge is 0.204 e. The molecule has 0 atom stereocenters. The van der Waals surface area contributed by atoms with Gasteiger partial charge in [0.05, 0.1) is 5.02 Å². The molecule has 1 heterocycles. The monoisotopic (exact) mass is 285 g/mol. The maximum atomic E-state index is 5.89. The number of hydrogen-bond donors (Lipinski definition) is 2. The number of aryl methyl sites for hydroxylation is 1. The van der Waals surface area contributed by atoms with Crippen molar-refractivity contribution in [2.45, 2.75) is 6.92 Å². The largest absolute Gasteiger partial charge is 0.328 e. The van der Waals surface area contributed by atoms with Crippen molar-refractivity contribution >= 4 is 39.2 Å². The Morgan fingerprint density at radius 3 is 2.87 bits per heavy atom. The van der Waals surface area contributed by atoms with Crippen molar-refractivity contribution < 1.29 is 0 Å². The fourth-order valence-electron chi connectivity index (χ4n) is 1.19. The molecule has 5 heteroatoms. The second-order valence-corrected chi connectivity index (χ2v) is 4.43. The van der Waals surface area contributed by atoms with Crippen LogP contribution in [0.3, 0.4) is 0 Å². The van der Waals surface area contributed by atoms with Crippen molar-refractivity contribution in [1.82, 2.24) is 9.97 Å². The number of benzene rings is 1. The molecular formula is C10H9BrClN3. The number of hydrogen-bond acceptors (Lipinski definition) is 2. The summed E-state index contributed by atoms with van der Waals surface area (Å²) >= 11 is 9.25. The maximum absolute atomic E-state index is 5.89. The van der Waals surface area contributed by atoms with Gasteiger partial charge in [0.2, 0.25) is 5.95 Å². The molecule has 0 saturated carbocycles. The van der Waals surface area contributed by atoms with Gasteiger partial charge in [-0.3, -0.25) is 0 Å². The number of aromatic amines is 1. The van der Waals surface area contributed by atoms with E-state index in [0.717, 1.165) is 21.8 Å².